The zero-order valence-corrected chi connectivity index (χ0v) is 15.9. The SMILES string of the molecule is CC[C@@H]1Cc2c(F)cc(C(=O)NO)cc2CN1CC12CC1CCN2C1CC1. The molecule has 0 radical (unpaired) electrons. The Morgan fingerprint density at radius 1 is 1.37 bits per heavy atom. The summed E-state index contributed by atoms with van der Waals surface area (Å²) in [5, 5.41) is 8.89. The van der Waals surface area contributed by atoms with Crippen LogP contribution in [0.3, 0.4) is 0 Å². The van der Waals surface area contributed by atoms with E-state index in [2.05, 4.69) is 16.7 Å². The van der Waals surface area contributed by atoms with Gasteiger partial charge in [-0.05, 0) is 74.2 Å². The van der Waals surface area contributed by atoms with Gasteiger partial charge in [-0.1, -0.05) is 6.92 Å². The van der Waals surface area contributed by atoms with Crippen LogP contribution in [-0.2, 0) is 13.0 Å². The van der Waals surface area contributed by atoms with Crippen molar-refractivity contribution in [2.24, 2.45) is 5.92 Å². The van der Waals surface area contributed by atoms with Gasteiger partial charge in [-0.25, -0.2) is 9.87 Å². The lowest BCUT2D eigenvalue weighted by Crippen LogP contribution is -2.50. The highest BCUT2D eigenvalue weighted by atomic mass is 19.1. The van der Waals surface area contributed by atoms with Gasteiger partial charge in [0.15, 0.2) is 0 Å². The summed E-state index contributed by atoms with van der Waals surface area (Å²) in [6.45, 7) is 5.17. The van der Waals surface area contributed by atoms with Crippen LogP contribution in [0.1, 0.15) is 60.5 Å². The molecule has 2 heterocycles. The number of nitrogens with one attached hydrogen (secondary N) is 1. The summed E-state index contributed by atoms with van der Waals surface area (Å²) >= 11 is 0. The van der Waals surface area contributed by atoms with Crippen molar-refractivity contribution in [2.75, 3.05) is 13.1 Å². The van der Waals surface area contributed by atoms with Crippen molar-refractivity contribution in [2.45, 2.75) is 69.6 Å². The van der Waals surface area contributed by atoms with Crippen molar-refractivity contribution in [3.05, 3.63) is 34.6 Å². The van der Waals surface area contributed by atoms with Gasteiger partial charge >= 0.3 is 0 Å². The molecule has 4 aliphatic rings. The average Bonchev–Trinajstić information content (AvgIpc) is 3.59. The van der Waals surface area contributed by atoms with Gasteiger partial charge in [-0.2, -0.15) is 0 Å². The quantitative estimate of drug-likeness (QED) is 0.616. The lowest BCUT2D eigenvalue weighted by molar-refractivity contribution is 0.0704. The van der Waals surface area contributed by atoms with Gasteiger partial charge in [0.2, 0.25) is 0 Å². The number of amides is 1. The number of carbonyl (C=O) groups excluding carboxylic acids is 1. The Morgan fingerprint density at radius 3 is 2.85 bits per heavy atom. The Balaban J connectivity index is 1.42. The van der Waals surface area contributed by atoms with E-state index in [0.29, 0.717) is 24.5 Å². The molecule has 5 rings (SSSR count). The summed E-state index contributed by atoms with van der Waals surface area (Å²) in [6.07, 6.45) is 7.03. The molecule has 2 aliphatic carbocycles. The van der Waals surface area contributed by atoms with Gasteiger partial charge in [0.25, 0.3) is 5.91 Å². The molecule has 0 spiro atoms. The Hall–Kier alpha value is -1.50. The number of fused-ring (bicyclic) bond motifs is 2. The van der Waals surface area contributed by atoms with Crippen LogP contribution in [0.15, 0.2) is 12.1 Å². The van der Waals surface area contributed by atoms with Crippen LogP contribution in [0.5, 0.6) is 0 Å². The molecular weight excluding hydrogens is 345 g/mol. The summed E-state index contributed by atoms with van der Waals surface area (Å²) in [5.41, 5.74) is 3.79. The van der Waals surface area contributed by atoms with Gasteiger partial charge in [-0.3, -0.25) is 19.8 Å². The molecular formula is C21H28FN3O2. The van der Waals surface area contributed by atoms with Crippen LogP contribution in [0, 0.1) is 11.7 Å². The van der Waals surface area contributed by atoms with E-state index < -0.39 is 5.91 Å². The van der Waals surface area contributed by atoms with E-state index in [4.69, 9.17) is 5.21 Å². The molecule has 1 amide bonds. The maximum Gasteiger partial charge on any atom is 0.274 e. The Labute approximate surface area is 159 Å². The minimum absolute atomic E-state index is 0.187. The molecule has 1 aromatic rings. The second kappa shape index (κ2) is 6.26. The lowest BCUT2D eigenvalue weighted by atomic mass is 9.90. The van der Waals surface area contributed by atoms with Gasteiger partial charge in [-0.15, -0.1) is 0 Å². The Kier molecular flexibility index (Phi) is 4.08. The minimum atomic E-state index is -0.655. The van der Waals surface area contributed by atoms with Gasteiger partial charge in [0.05, 0.1) is 0 Å². The molecule has 2 aliphatic heterocycles. The normalized spacial score (nSPS) is 32.9. The van der Waals surface area contributed by atoms with Crippen LogP contribution in [0.2, 0.25) is 0 Å². The number of hydrogen-bond acceptors (Lipinski definition) is 4. The number of halogens is 1. The number of hydrogen-bond donors (Lipinski definition) is 2. The van der Waals surface area contributed by atoms with E-state index in [0.717, 1.165) is 36.1 Å². The fourth-order valence-corrected chi connectivity index (χ4v) is 5.74. The third-order valence-corrected chi connectivity index (χ3v) is 7.41. The first-order valence-electron chi connectivity index (χ1n) is 10.3. The molecule has 27 heavy (non-hydrogen) atoms. The molecule has 6 heteroatoms. The molecule has 3 fully saturated rings. The number of benzene rings is 1. The molecule has 1 aromatic carbocycles. The molecule has 2 unspecified atom stereocenters. The predicted molar refractivity (Wildman–Crippen MR) is 99.0 cm³/mol. The molecule has 1 saturated heterocycles. The van der Waals surface area contributed by atoms with E-state index in [1.165, 1.54) is 38.3 Å². The summed E-state index contributed by atoms with van der Waals surface area (Å²) < 4.78 is 14.6. The zero-order chi connectivity index (χ0) is 18.8. The number of carbonyl (C=O) groups is 1. The standard InChI is InChI=1S/C21H28FN3O2/c1-2-16-9-18-14(7-13(8-19(18)22)20(26)23-27)11-24(16)12-21-10-15(21)5-6-25(21)17-3-4-17/h7-8,15-17,27H,2-6,9-12H2,1H3,(H,23,26)/t15?,16-,21?/m1/s1. The highest BCUT2D eigenvalue weighted by molar-refractivity contribution is 5.93. The summed E-state index contributed by atoms with van der Waals surface area (Å²) in [4.78, 5) is 17.1. The molecule has 0 aromatic heterocycles. The monoisotopic (exact) mass is 373 g/mol. The summed E-state index contributed by atoms with van der Waals surface area (Å²) in [5.74, 6) is -0.148. The van der Waals surface area contributed by atoms with Crippen LogP contribution in [-0.4, -0.2) is 51.6 Å². The third kappa shape index (κ3) is 2.80. The fourth-order valence-electron chi connectivity index (χ4n) is 5.74. The minimum Gasteiger partial charge on any atom is -0.294 e. The van der Waals surface area contributed by atoms with Crippen molar-refractivity contribution < 1.29 is 14.4 Å². The second-order valence-corrected chi connectivity index (χ2v) is 8.93. The van der Waals surface area contributed by atoms with Crippen LogP contribution in [0.4, 0.5) is 4.39 Å². The largest absolute Gasteiger partial charge is 0.294 e. The number of rotatable bonds is 5. The smallest absolute Gasteiger partial charge is 0.274 e. The summed E-state index contributed by atoms with van der Waals surface area (Å²) in [6, 6.07) is 4.14. The van der Waals surface area contributed by atoms with Crippen LogP contribution in [0.25, 0.3) is 0 Å². The van der Waals surface area contributed by atoms with E-state index in [1.54, 1.807) is 11.5 Å². The number of hydroxylamine groups is 1. The first-order chi connectivity index (χ1) is 13.1. The molecule has 146 valence electrons. The first-order valence-corrected chi connectivity index (χ1v) is 10.3. The average molecular weight is 373 g/mol. The molecule has 2 saturated carbocycles. The zero-order valence-electron chi connectivity index (χ0n) is 15.9. The maximum atomic E-state index is 14.6. The maximum absolute atomic E-state index is 14.6. The topological polar surface area (TPSA) is 55.8 Å². The highest BCUT2D eigenvalue weighted by Gasteiger charge is 2.64. The number of nitrogens with zero attached hydrogens (tertiary/aromatic N) is 2. The van der Waals surface area contributed by atoms with E-state index in [-0.39, 0.29) is 11.4 Å². The third-order valence-electron chi connectivity index (χ3n) is 7.41. The Bertz CT molecular complexity index is 781. The highest BCUT2D eigenvalue weighted by Crippen LogP contribution is 2.59. The van der Waals surface area contributed by atoms with E-state index in [9.17, 15) is 9.18 Å². The first kappa shape index (κ1) is 17.6. The van der Waals surface area contributed by atoms with Crippen molar-refractivity contribution >= 4 is 5.91 Å². The predicted octanol–water partition coefficient (Wildman–Crippen LogP) is 2.71. The lowest BCUT2D eigenvalue weighted by Gasteiger charge is -2.41. The number of likely N-dealkylation sites (tertiary alicyclic amines) is 1. The molecule has 2 N–H and O–H groups in total. The van der Waals surface area contributed by atoms with Gasteiger partial charge in [0, 0.05) is 36.3 Å². The summed E-state index contributed by atoms with van der Waals surface area (Å²) in [7, 11) is 0. The molecule has 0 bridgehead atoms. The van der Waals surface area contributed by atoms with Gasteiger partial charge < -0.3 is 0 Å². The molecule has 3 atom stereocenters. The van der Waals surface area contributed by atoms with Crippen LogP contribution >= 0.6 is 0 Å². The van der Waals surface area contributed by atoms with Crippen molar-refractivity contribution in [1.82, 2.24) is 15.3 Å². The van der Waals surface area contributed by atoms with E-state index in [1.807, 2.05) is 0 Å². The fraction of sp³-hybridized carbons (Fsp3) is 0.667. The Morgan fingerprint density at radius 2 is 2.19 bits per heavy atom. The van der Waals surface area contributed by atoms with Crippen molar-refractivity contribution in [3.63, 3.8) is 0 Å². The van der Waals surface area contributed by atoms with E-state index >= 15 is 0 Å². The van der Waals surface area contributed by atoms with Crippen LogP contribution < -0.4 is 5.48 Å². The van der Waals surface area contributed by atoms with Gasteiger partial charge in [0.1, 0.15) is 5.82 Å². The van der Waals surface area contributed by atoms with Crippen molar-refractivity contribution in [1.29, 1.82) is 0 Å². The van der Waals surface area contributed by atoms with Crippen molar-refractivity contribution in [3.8, 4) is 0 Å². The molecule has 5 nitrogen and oxygen atoms in total. The number of piperidine rings is 1. The second-order valence-electron chi connectivity index (χ2n) is 8.93.